The van der Waals surface area contributed by atoms with Gasteiger partial charge in [-0.15, -0.1) is 0 Å². The molecule has 0 unspecified atom stereocenters. The Hall–Kier alpha value is -3.66. The molecule has 0 atom stereocenters. The summed E-state index contributed by atoms with van der Waals surface area (Å²) in [6.07, 6.45) is 0. The van der Waals surface area contributed by atoms with Gasteiger partial charge in [-0.05, 0) is 30.7 Å². The van der Waals surface area contributed by atoms with Crippen molar-refractivity contribution in [2.45, 2.75) is 13.5 Å². The van der Waals surface area contributed by atoms with E-state index < -0.39 is 0 Å². The summed E-state index contributed by atoms with van der Waals surface area (Å²) in [5.41, 5.74) is 4.72. The van der Waals surface area contributed by atoms with E-state index >= 15 is 0 Å². The van der Waals surface area contributed by atoms with Gasteiger partial charge in [0, 0.05) is 21.9 Å². The average molecular weight is 381 g/mol. The normalized spacial score (nSPS) is 12.1. The van der Waals surface area contributed by atoms with E-state index in [2.05, 4.69) is 0 Å². The van der Waals surface area contributed by atoms with Crippen molar-refractivity contribution in [1.29, 1.82) is 0 Å². The number of carbonyl (C=O) groups is 1. The molecule has 3 aromatic carbocycles. The van der Waals surface area contributed by atoms with E-state index in [0.29, 0.717) is 28.8 Å². The van der Waals surface area contributed by atoms with Gasteiger partial charge in [0.05, 0.1) is 24.9 Å². The zero-order chi connectivity index (χ0) is 20.1. The number of hydrogen-bond acceptors (Lipinski definition) is 3. The van der Waals surface area contributed by atoms with Crippen LogP contribution in [0.25, 0.3) is 22.0 Å². The standard InChI is InChI=1S/C25H19NO3/c1-15-7-12-20-21(13-15)22-23(18-5-3-4-6-19(18)24(22)27)26(25(20)28)14-16-8-10-17(29-2)11-9-16/h3-13H,14H2,1-2H3. The molecule has 0 amide bonds. The highest BCUT2D eigenvalue weighted by atomic mass is 16.5. The molecule has 0 bridgehead atoms. The maximum absolute atomic E-state index is 13.5. The summed E-state index contributed by atoms with van der Waals surface area (Å²) in [6, 6.07) is 20.9. The Kier molecular flexibility index (Phi) is 3.88. The van der Waals surface area contributed by atoms with Crippen LogP contribution in [-0.4, -0.2) is 17.5 Å². The smallest absolute Gasteiger partial charge is 0.259 e. The molecule has 29 heavy (non-hydrogen) atoms. The quantitative estimate of drug-likeness (QED) is 0.460. The van der Waals surface area contributed by atoms with Crippen LogP contribution in [-0.2, 0) is 6.54 Å². The Balaban J connectivity index is 1.83. The Morgan fingerprint density at radius 1 is 0.862 bits per heavy atom. The van der Waals surface area contributed by atoms with Crippen molar-refractivity contribution in [3.63, 3.8) is 0 Å². The highest BCUT2D eigenvalue weighted by molar-refractivity contribution is 6.26. The Bertz CT molecular complexity index is 1350. The molecule has 0 radical (unpaired) electrons. The fourth-order valence-electron chi connectivity index (χ4n) is 4.16. The highest BCUT2D eigenvalue weighted by Gasteiger charge is 2.32. The molecule has 4 aromatic rings. The largest absolute Gasteiger partial charge is 0.497 e. The molecular weight excluding hydrogens is 362 g/mol. The maximum Gasteiger partial charge on any atom is 0.259 e. The molecule has 0 aliphatic heterocycles. The van der Waals surface area contributed by atoms with Crippen LogP contribution in [0.5, 0.6) is 5.75 Å². The lowest BCUT2D eigenvalue weighted by atomic mass is 10.0. The fraction of sp³-hybridized carbons (Fsp3) is 0.120. The van der Waals surface area contributed by atoms with Crippen LogP contribution in [0.3, 0.4) is 0 Å². The van der Waals surface area contributed by atoms with Gasteiger partial charge >= 0.3 is 0 Å². The minimum absolute atomic E-state index is 0.0188. The fourth-order valence-corrected chi connectivity index (χ4v) is 4.16. The first-order valence-electron chi connectivity index (χ1n) is 9.52. The summed E-state index contributed by atoms with van der Waals surface area (Å²) in [5.74, 6) is 0.746. The molecule has 1 aromatic heterocycles. The van der Waals surface area contributed by atoms with Gasteiger partial charge in [0.1, 0.15) is 5.75 Å². The number of hydrogen-bond donors (Lipinski definition) is 0. The second-order valence-corrected chi connectivity index (χ2v) is 7.39. The van der Waals surface area contributed by atoms with E-state index in [4.69, 9.17) is 4.74 Å². The summed E-state index contributed by atoms with van der Waals surface area (Å²) in [6.45, 7) is 2.36. The predicted molar refractivity (Wildman–Crippen MR) is 114 cm³/mol. The van der Waals surface area contributed by atoms with Crippen LogP contribution in [0.1, 0.15) is 27.0 Å². The molecule has 0 saturated heterocycles. The lowest BCUT2D eigenvalue weighted by molar-refractivity contribution is 0.104. The van der Waals surface area contributed by atoms with E-state index in [-0.39, 0.29) is 11.3 Å². The van der Waals surface area contributed by atoms with E-state index in [9.17, 15) is 9.59 Å². The van der Waals surface area contributed by atoms with Crippen LogP contribution >= 0.6 is 0 Å². The Labute approximate surface area is 168 Å². The Morgan fingerprint density at radius 3 is 2.31 bits per heavy atom. The van der Waals surface area contributed by atoms with Gasteiger partial charge < -0.3 is 9.30 Å². The van der Waals surface area contributed by atoms with Crippen molar-refractivity contribution in [2.75, 3.05) is 7.11 Å². The molecule has 5 rings (SSSR count). The number of ketones is 1. The van der Waals surface area contributed by atoms with Gasteiger partial charge in [0.25, 0.3) is 5.56 Å². The second-order valence-electron chi connectivity index (χ2n) is 7.39. The summed E-state index contributed by atoms with van der Waals surface area (Å²) in [4.78, 5) is 26.8. The molecule has 142 valence electrons. The summed E-state index contributed by atoms with van der Waals surface area (Å²) < 4.78 is 6.97. The molecule has 0 saturated carbocycles. The average Bonchev–Trinajstić information content (AvgIpc) is 3.04. The van der Waals surface area contributed by atoms with Crippen LogP contribution < -0.4 is 10.3 Å². The summed E-state index contributed by atoms with van der Waals surface area (Å²) in [7, 11) is 1.63. The predicted octanol–water partition coefficient (Wildman–Crippen LogP) is 4.58. The van der Waals surface area contributed by atoms with Gasteiger partial charge in [-0.25, -0.2) is 0 Å². The molecule has 1 aliphatic rings. The SMILES string of the molecule is COc1ccc(Cn2c3c(c4cc(C)ccc4c2=O)C(=O)c2ccccc2-3)cc1. The summed E-state index contributed by atoms with van der Waals surface area (Å²) in [5, 5.41) is 1.31. The molecule has 4 nitrogen and oxygen atoms in total. The third kappa shape index (κ3) is 2.60. The highest BCUT2D eigenvalue weighted by Crippen LogP contribution is 2.39. The number of carbonyl (C=O) groups excluding carboxylic acids is 1. The minimum Gasteiger partial charge on any atom is -0.497 e. The number of ether oxygens (including phenoxy) is 1. The molecule has 1 aliphatic carbocycles. The first-order chi connectivity index (χ1) is 14.1. The number of fused-ring (bicyclic) bond motifs is 5. The van der Waals surface area contributed by atoms with E-state index in [1.165, 1.54) is 0 Å². The van der Waals surface area contributed by atoms with Crippen LogP contribution in [0.4, 0.5) is 0 Å². The van der Waals surface area contributed by atoms with Crippen molar-refractivity contribution in [3.05, 3.63) is 99.3 Å². The number of aromatic nitrogens is 1. The second kappa shape index (κ2) is 6.45. The molecule has 4 heteroatoms. The van der Waals surface area contributed by atoms with E-state index in [1.54, 1.807) is 11.7 Å². The van der Waals surface area contributed by atoms with Gasteiger partial charge in [-0.1, -0.05) is 54.1 Å². The number of nitrogens with zero attached hydrogens (tertiary/aromatic N) is 1. The van der Waals surface area contributed by atoms with Gasteiger partial charge in [0.15, 0.2) is 5.78 Å². The zero-order valence-corrected chi connectivity index (χ0v) is 16.2. The minimum atomic E-state index is -0.0842. The first-order valence-corrected chi connectivity index (χ1v) is 9.52. The van der Waals surface area contributed by atoms with Crippen molar-refractivity contribution in [3.8, 4) is 17.0 Å². The number of benzene rings is 3. The van der Waals surface area contributed by atoms with Crippen LogP contribution in [0, 0.1) is 6.92 Å². The molecule has 0 fully saturated rings. The topological polar surface area (TPSA) is 48.3 Å². The van der Waals surface area contributed by atoms with Crippen molar-refractivity contribution < 1.29 is 9.53 Å². The lowest BCUT2D eigenvalue weighted by Crippen LogP contribution is -2.24. The molecular formula is C25H19NO3. The number of pyridine rings is 1. The Morgan fingerprint density at radius 2 is 1.59 bits per heavy atom. The molecule has 0 N–H and O–H groups in total. The monoisotopic (exact) mass is 381 g/mol. The number of aryl methyl sites for hydroxylation is 1. The van der Waals surface area contributed by atoms with Crippen molar-refractivity contribution >= 4 is 16.6 Å². The van der Waals surface area contributed by atoms with Crippen molar-refractivity contribution in [2.24, 2.45) is 0 Å². The lowest BCUT2D eigenvalue weighted by Gasteiger charge is -2.16. The van der Waals surface area contributed by atoms with Gasteiger partial charge in [-0.3, -0.25) is 9.59 Å². The van der Waals surface area contributed by atoms with E-state index in [1.807, 2.05) is 73.7 Å². The number of methoxy groups -OCH3 is 1. The summed E-state index contributed by atoms with van der Waals surface area (Å²) >= 11 is 0. The number of rotatable bonds is 3. The first kappa shape index (κ1) is 17.4. The van der Waals surface area contributed by atoms with Crippen LogP contribution in [0.15, 0.2) is 71.5 Å². The van der Waals surface area contributed by atoms with Crippen LogP contribution in [0.2, 0.25) is 0 Å². The van der Waals surface area contributed by atoms with Gasteiger partial charge in [0.2, 0.25) is 0 Å². The van der Waals surface area contributed by atoms with Crippen molar-refractivity contribution in [1.82, 2.24) is 4.57 Å². The molecule has 1 heterocycles. The molecule has 0 spiro atoms. The van der Waals surface area contributed by atoms with E-state index in [0.717, 1.165) is 27.8 Å². The third-order valence-corrected chi connectivity index (χ3v) is 5.58. The third-order valence-electron chi connectivity index (χ3n) is 5.58. The van der Waals surface area contributed by atoms with Gasteiger partial charge in [-0.2, -0.15) is 0 Å². The zero-order valence-electron chi connectivity index (χ0n) is 16.2. The maximum atomic E-state index is 13.5.